The van der Waals surface area contributed by atoms with Crippen LogP contribution in [0.3, 0.4) is 0 Å². The number of halogens is 3. The summed E-state index contributed by atoms with van der Waals surface area (Å²) >= 11 is 0. The maximum atomic E-state index is 12.0. The van der Waals surface area contributed by atoms with Crippen molar-refractivity contribution in [2.75, 3.05) is 12.3 Å². The largest absolute Gasteiger partial charge is 0.573 e. The molecule has 0 unspecified atom stereocenters. The van der Waals surface area contributed by atoms with Crippen LogP contribution in [0.1, 0.15) is 12.5 Å². The number of hydrogen-bond donors (Lipinski definition) is 2. The number of benzene rings is 1. The molecular formula is C12H11F3N2O2. The Bertz CT molecular complexity index is 530. The van der Waals surface area contributed by atoms with E-state index in [1.807, 2.05) is 0 Å². The number of alkyl halides is 3. The molecule has 3 N–H and O–H groups in total. The van der Waals surface area contributed by atoms with E-state index >= 15 is 0 Å². The summed E-state index contributed by atoms with van der Waals surface area (Å²) in [7, 11) is 0. The summed E-state index contributed by atoms with van der Waals surface area (Å²) in [5, 5.41) is 2.45. The summed E-state index contributed by atoms with van der Waals surface area (Å²) in [6.07, 6.45) is -4.76. The van der Waals surface area contributed by atoms with Gasteiger partial charge in [0.15, 0.2) is 0 Å². The summed E-state index contributed by atoms with van der Waals surface area (Å²) in [4.78, 5) is 10.6. The first kappa shape index (κ1) is 14.7. The Morgan fingerprint density at radius 2 is 2.16 bits per heavy atom. The van der Waals surface area contributed by atoms with Gasteiger partial charge in [0.2, 0.25) is 5.91 Å². The molecule has 0 heterocycles. The van der Waals surface area contributed by atoms with Crippen molar-refractivity contribution in [1.82, 2.24) is 5.32 Å². The highest BCUT2D eigenvalue weighted by Gasteiger charge is 2.31. The normalized spacial score (nSPS) is 10.3. The van der Waals surface area contributed by atoms with Crippen LogP contribution in [0, 0.1) is 11.8 Å². The van der Waals surface area contributed by atoms with Crippen molar-refractivity contribution < 1.29 is 22.7 Å². The number of rotatable bonds is 2. The van der Waals surface area contributed by atoms with Gasteiger partial charge in [-0.1, -0.05) is 11.8 Å². The van der Waals surface area contributed by atoms with Gasteiger partial charge < -0.3 is 15.8 Å². The topological polar surface area (TPSA) is 64.3 Å². The number of hydrogen-bond acceptors (Lipinski definition) is 3. The molecule has 1 aromatic rings. The smallest absolute Gasteiger partial charge is 0.406 e. The minimum atomic E-state index is -4.76. The first-order chi connectivity index (χ1) is 8.78. The van der Waals surface area contributed by atoms with Gasteiger partial charge in [-0.15, -0.1) is 13.2 Å². The summed E-state index contributed by atoms with van der Waals surface area (Å²) < 4.78 is 39.6. The highest BCUT2D eigenvalue weighted by atomic mass is 19.4. The molecule has 0 saturated carbocycles. The first-order valence-electron chi connectivity index (χ1n) is 5.16. The minimum absolute atomic E-state index is 0.0667. The highest BCUT2D eigenvalue weighted by Crippen LogP contribution is 2.25. The van der Waals surface area contributed by atoms with Crippen LogP contribution in [-0.2, 0) is 4.79 Å². The lowest BCUT2D eigenvalue weighted by atomic mass is 10.2. The Balaban J connectivity index is 2.75. The van der Waals surface area contributed by atoms with Crippen LogP contribution in [0.2, 0.25) is 0 Å². The van der Waals surface area contributed by atoms with Crippen LogP contribution in [0.15, 0.2) is 18.2 Å². The van der Waals surface area contributed by atoms with Crippen molar-refractivity contribution in [2.24, 2.45) is 0 Å². The number of anilines is 1. The number of ether oxygens (including phenoxy) is 1. The average Bonchev–Trinajstić information content (AvgIpc) is 2.24. The number of amides is 1. The molecule has 1 aromatic carbocycles. The summed E-state index contributed by atoms with van der Waals surface area (Å²) in [5.41, 5.74) is 5.97. The number of carbonyl (C=O) groups excluding carboxylic acids is 1. The molecule has 0 radical (unpaired) electrons. The molecular weight excluding hydrogens is 261 g/mol. The van der Waals surface area contributed by atoms with Crippen molar-refractivity contribution in [1.29, 1.82) is 0 Å². The monoisotopic (exact) mass is 272 g/mol. The van der Waals surface area contributed by atoms with Gasteiger partial charge in [0.25, 0.3) is 0 Å². The lowest BCUT2D eigenvalue weighted by Crippen LogP contribution is -2.19. The Morgan fingerprint density at radius 3 is 2.68 bits per heavy atom. The van der Waals surface area contributed by atoms with Crippen LogP contribution in [-0.4, -0.2) is 18.8 Å². The first-order valence-corrected chi connectivity index (χ1v) is 5.16. The minimum Gasteiger partial charge on any atom is -0.406 e. The SMILES string of the molecule is CC(=O)NCC#Cc1ccc(OC(F)(F)F)cc1N. The second kappa shape index (κ2) is 6.00. The molecule has 0 spiro atoms. The number of nitrogens with one attached hydrogen (secondary N) is 1. The fourth-order valence-corrected chi connectivity index (χ4v) is 1.16. The molecule has 0 aliphatic heterocycles. The Morgan fingerprint density at radius 1 is 1.47 bits per heavy atom. The molecule has 0 fully saturated rings. The zero-order valence-electron chi connectivity index (χ0n) is 9.97. The second-order valence-electron chi connectivity index (χ2n) is 3.51. The molecule has 0 bridgehead atoms. The lowest BCUT2D eigenvalue weighted by molar-refractivity contribution is -0.274. The molecule has 0 aromatic heterocycles. The molecule has 0 saturated heterocycles. The van der Waals surface area contributed by atoms with Crippen molar-refractivity contribution >= 4 is 11.6 Å². The quantitative estimate of drug-likeness (QED) is 0.635. The Hall–Kier alpha value is -2.36. The number of carbonyl (C=O) groups is 1. The van der Waals surface area contributed by atoms with Crippen molar-refractivity contribution in [3.63, 3.8) is 0 Å². The van der Waals surface area contributed by atoms with Crippen LogP contribution < -0.4 is 15.8 Å². The van der Waals surface area contributed by atoms with Crippen molar-refractivity contribution in [3.05, 3.63) is 23.8 Å². The molecule has 102 valence electrons. The molecule has 1 amide bonds. The maximum absolute atomic E-state index is 12.0. The van der Waals surface area contributed by atoms with Gasteiger partial charge in [0.05, 0.1) is 12.2 Å². The van der Waals surface area contributed by atoms with Crippen molar-refractivity contribution in [3.8, 4) is 17.6 Å². The summed E-state index contributed by atoms with van der Waals surface area (Å²) in [6, 6.07) is 3.47. The van der Waals surface area contributed by atoms with Crippen LogP contribution in [0.4, 0.5) is 18.9 Å². The van der Waals surface area contributed by atoms with E-state index in [-0.39, 0.29) is 18.1 Å². The zero-order chi connectivity index (χ0) is 14.5. The van der Waals surface area contributed by atoms with Gasteiger partial charge >= 0.3 is 6.36 Å². The van der Waals surface area contributed by atoms with Gasteiger partial charge in [-0.25, -0.2) is 0 Å². The lowest BCUT2D eigenvalue weighted by Gasteiger charge is -2.09. The molecule has 0 aliphatic carbocycles. The van der Waals surface area contributed by atoms with E-state index in [1.165, 1.54) is 13.0 Å². The zero-order valence-corrected chi connectivity index (χ0v) is 9.97. The van der Waals surface area contributed by atoms with Gasteiger partial charge in [-0.3, -0.25) is 4.79 Å². The summed E-state index contributed by atoms with van der Waals surface area (Å²) in [5.74, 6) is 4.62. The highest BCUT2D eigenvalue weighted by molar-refractivity contribution is 5.73. The van der Waals surface area contributed by atoms with Gasteiger partial charge in [-0.05, 0) is 12.1 Å². The Kier molecular flexibility index (Phi) is 4.64. The Labute approximate surface area is 107 Å². The van der Waals surface area contributed by atoms with E-state index in [0.717, 1.165) is 12.1 Å². The third-order valence-electron chi connectivity index (χ3n) is 1.91. The average molecular weight is 272 g/mol. The van der Waals surface area contributed by atoms with Crippen LogP contribution in [0.5, 0.6) is 5.75 Å². The van der Waals surface area contributed by atoms with E-state index < -0.39 is 12.1 Å². The third kappa shape index (κ3) is 5.68. The number of nitrogen functional groups attached to an aromatic ring is 1. The predicted molar refractivity (Wildman–Crippen MR) is 63.1 cm³/mol. The van der Waals surface area contributed by atoms with Crippen LogP contribution in [0.25, 0.3) is 0 Å². The third-order valence-corrected chi connectivity index (χ3v) is 1.91. The molecule has 7 heteroatoms. The van der Waals surface area contributed by atoms with Gasteiger partial charge in [0.1, 0.15) is 5.75 Å². The van der Waals surface area contributed by atoms with E-state index in [0.29, 0.717) is 5.56 Å². The standard InChI is InChI=1S/C12H11F3N2O2/c1-8(18)17-6-2-3-9-4-5-10(7-11(9)16)19-12(13,14)15/h4-5,7H,6,16H2,1H3,(H,17,18). The van der Waals surface area contributed by atoms with E-state index in [1.54, 1.807) is 0 Å². The van der Waals surface area contributed by atoms with Crippen LogP contribution >= 0.6 is 0 Å². The van der Waals surface area contributed by atoms with Gasteiger partial charge in [-0.2, -0.15) is 0 Å². The fraction of sp³-hybridized carbons (Fsp3) is 0.250. The van der Waals surface area contributed by atoms with Crippen molar-refractivity contribution in [2.45, 2.75) is 13.3 Å². The molecule has 4 nitrogen and oxygen atoms in total. The van der Waals surface area contributed by atoms with E-state index in [4.69, 9.17) is 5.73 Å². The summed E-state index contributed by atoms with van der Waals surface area (Å²) in [6.45, 7) is 1.48. The predicted octanol–water partition coefficient (Wildman–Crippen LogP) is 1.66. The van der Waals surface area contributed by atoms with E-state index in [2.05, 4.69) is 21.9 Å². The maximum Gasteiger partial charge on any atom is 0.573 e. The van der Waals surface area contributed by atoms with E-state index in [9.17, 15) is 18.0 Å². The second-order valence-corrected chi connectivity index (χ2v) is 3.51. The fourth-order valence-electron chi connectivity index (χ4n) is 1.16. The molecule has 1 rings (SSSR count). The van der Waals surface area contributed by atoms with Gasteiger partial charge in [0, 0.05) is 18.6 Å². The number of nitrogens with two attached hydrogens (primary N) is 1. The molecule has 0 atom stereocenters. The molecule has 19 heavy (non-hydrogen) atoms. The molecule has 0 aliphatic rings.